The Morgan fingerprint density at radius 2 is 2.08 bits per heavy atom. The molecule has 2 fully saturated rings. The Kier molecular flexibility index (Phi) is 4.64. The predicted octanol–water partition coefficient (Wildman–Crippen LogP) is 0.968. The zero-order chi connectivity index (χ0) is 18.2. The molecule has 2 saturated heterocycles. The summed E-state index contributed by atoms with van der Waals surface area (Å²) >= 11 is 1.62. The van der Waals surface area contributed by atoms with Crippen molar-refractivity contribution in [1.29, 1.82) is 0 Å². The number of amides is 3. The first-order chi connectivity index (χ1) is 11.8. The summed E-state index contributed by atoms with van der Waals surface area (Å²) in [6.07, 6.45) is 1.22. The van der Waals surface area contributed by atoms with Gasteiger partial charge in [0, 0.05) is 37.5 Å². The van der Waals surface area contributed by atoms with Crippen LogP contribution in [0.15, 0.2) is 24.3 Å². The molecule has 2 aliphatic rings. The average Bonchev–Trinajstić information content (AvgIpc) is 3.09. The zero-order valence-corrected chi connectivity index (χ0v) is 15.4. The van der Waals surface area contributed by atoms with Crippen LogP contribution in [0.4, 0.5) is 5.69 Å². The molecule has 0 radical (unpaired) electrons. The van der Waals surface area contributed by atoms with Crippen molar-refractivity contribution in [3.63, 3.8) is 0 Å². The molecular weight excluding hydrogens is 340 g/mol. The van der Waals surface area contributed by atoms with E-state index in [9.17, 15) is 14.4 Å². The molecule has 0 saturated carbocycles. The van der Waals surface area contributed by atoms with E-state index in [0.29, 0.717) is 17.7 Å². The van der Waals surface area contributed by atoms with Crippen LogP contribution in [0.2, 0.25) is 0 Å². The van der Waals surface area contributed by atoms with Crippen molar-refractivity contribution in [2.45, 2.75) is 30.7 Å². The molecule has 0 aliphatic carbocycles. The summed E-state index contributed by atoms with van der Waals surface area (Å²) in [6, 6.07) is 6.56. The van der Waals surface area contributed by atoms with Gasteiger partial charge in [0.2, 0.25) is 5.91 Å². The lowest BCUT2D eigenvalue weighted by Gasteiger charge is -2.29. The third kappa shape index (κ3) is 3.30. The van der Waals surface area contributed by atoms with Crippen LogP contribution in [-0.2, 0) is 9.59 Å². The van der Waals surface area contributed by atoms with Crippen molar-refractivity contribution in [3.8, 4) is 0 Å². The topological polar surface area (TPSA) is 81.8 Å². The first-order valence-electron chi connectivity index (χ1n) is 8.15. The number of benzene rings is 1. The van der Waals surface area contributed by atoms with Crippen LogP contribution in [0, 0.1) is 0 Å². The van der Waals surface area contributed by atoms with Gasteiger partial charge in [0.1, 0.15) is 6.04 Å². The van der Waals surface area contributed by atoms with Gasteiger partial charge in [-0.25, -0.2) is 0 Å². The Morgan fingerprint density at radius 3 is 2.80 bits per heavy atom. The number of carbonyl (C=O) groups is 3. The second-order valence-corrected chi connectivity index (χ2v) is 8.16. The number of rotatable bonds is 3. The Morgan fingerprint density at radius 1 is 1.32 bits per heavy atom. The fourth-order valence-corrected chi connectivity index (χ4v) is 4.65. The summed E-state index contributed by atoms with van der Waals surface area (Å²) < 4.78 is 0. The molecule has 0 aromatic heterocycles. The minimum Gasteiger partial charge on any atom is -0.378 e. The van der Waals surface area contributed by atoms with Crippen LogP contribution in [0.3, 0.4) is 0 Å². The summed E-state index contributed by atoms with van der Waals surface area (Å²) in [5.74, 6) is -0.209. The molecule has 7 nitrogen and oxygen atoms in total. The number of fused-ring (bicyclic) bond motifs is 1. The lowest BCUT2D eigenvalue weighted by Crippen LogP contribution is -2.54. The second kappa shape index (κ2) is 6.59. The lowest BCUT2D eigenvalue weighted by atomic mass is 10.2. The van der Waals surface area contributed by atoms with E-state index in [1.807, 2.05) is 32.0 Å². The number of anilines is 1. The van der Waals surface area contributed by atoms with Gasteiger partial charge < -0.3 is 9.80 Å². The van der Waals surface area contributed by atoms with E-state index in [4.69, 9.17) is 0 Å². The Hall–Kier alpha value is -2.22. The van der Waals surface area contributed by atoms with Crippen molar-refractivity contribution >= 4 is 35.2 Å². The molecule has 134 valence electrons. The predicted molar refractivity (Wildman–Crippen MR) is 97.1 cm³/mol. The highest BCUT2D eigenvalue weighted by Crippen LogP contribution is 2.47. The van der Waals surface area contributed by atoms with Crippen molar-refractivity contribution in [3.05, 3.63) is 29.8 Å². The molecule has 3 rings (SSSR count). The molecular formula is C17H22N4O3S. The van der Waals surface area contributed by atoms with Crippen molar-refractivity contribution in [2.24, 2.45) is 0 Å². The molecule has 2 unspecified atom stereocenters. The van der Waals surface area contributed by atoms with Crippen LogP contribution in [-0.4, -0.2) is 53.4 Å². The lowest BCUT2D eigenvalue weighted by molar-refractivity contribution is -0.138. The van der Waals surface area contributed by atoms with Crippen LogP contribution < -0.4 is 15.8 Å². The van der Waals surface area contributed by atoms with E-state index in [1.54, 1.807) is 34.9 Å². The van der Waals surface area contributed by atoms with Gasteiger partial charge in [-0.3, -0.25) is 25.2 Å². The van der Waals surface area contributed by atoms with Gasteiger partial charge >= 0.3 is 0 Å². The van der Waals surface area contributed by atoms with Crippen molar-refractivity contribution < 1.29 is 14.4 Å². The first-order valence-corrected chi connectivity index (χ1v) is 9.14. The Bertz CT molecular complexity index is 724. The standard InChI is InChI=1S/C17H22N4O3S/c1-17-8-7-14(22)21(17)13(10-25-17)16(24)19-18-15(23)11-5-4-6-12(9-11)20(2)3/h4-6,9,13H,7-8,10H2,1-3H3,(H,18,23)(H,19,24). The van der Waals surface area contributed by atoms with E-state index in [2.05, 4.69) is 10.9 Å². The Balaban J connectivity index is 1.62. The maximum absolute atomic E-state index is 12.4. The van der Waals surface area contributed by atoms with Crippen LogP contribution in [0.25, 0.3) is 0 Å². The molecule has 2 aliphatic heterocycles. The second-order valence-electron chi connectivity index (χ2n) is 6.65. The molecule has 8 heteroatoms. The summed E-state index contributed by atoms with van der Waals surface area (Å²) in [7, 11) is 3.78. The van der Waals surface area contributed by atoms with Crippen LogP contribution in [0.5, 0.6) is 0 Å². The fraction of sp³-hybridized carbons (Fsp3) is 0.471. The molecule has 2 heterocycles. The zero-order valence-electron chi connectivity index (χ0n) is 14.5. The number of hydrogen-bond donors (Lipinski definition) is 2. The number of nitrogens with one attached hydrogen (secondary N) is 2. The van der Waals surface area contributed by atoms with Crippen molar-refractivity contribution in [2.75, 3.05) is 24.7 Å². The van der Waals surface area contributed by atoms with Gasteiger partial charge in [-0.05, 0) is 31.5 Å². The first kappa shape index (κ1) is 17.6. The number of nitrogens with zero attached hydrogens (tertiary/aromatic N) is 2. The molecule has 2 atom stereocenters. The van der Waals surface area contributed by atoms with Gasteiger partial charge in [0.15, 0.2) is 0 Å². The Labute approximate surface area is 151 Å². The molecule has 0 bridgehead atoms. The highest BCUT2D eigenvalue weighted by atomic mass is 32.2. The highest BCUT2D eigenvalue weighted by molar-refractivity contribution is 8.01. The van der Waals surface area contributed by atoms with Gasteiger partial charge in [0.25, 0.3) is 11.8 Å². The largest absolute Gasteiger partial charge is 0.378 e. The summed E-state index contributed by atoms with van der Waals surface area (Å²) in [5, 5.41) is 0. The van der Waals surface area contributed by atoms with E-state index >= 15 is 0 Å². The molecule has 0 spiro atoms. The van der Waals surface area contributed by atoms with E-state index in [0.717, 1.165) is 12.1 Å². The SMILES string of the molecule is CN(C)c1cccc(C(=O)NNC(=O)C2CSC3(C)CCC(=O)N23)c1. The number of hydrogen-bond acceptors (Lipinski definition) is 5. The number of carbonyl (C=O) groups excluding carboxylic acids is 3. The third-order valence-corrected chi connectivity index (χ3v) is 6.18. The fourth-order valence-electron chi connectivity index (χ4n) is 3.21. The summed E-state index contributed by atoms with van der Waals surface area (Å²) in [6.45, 7) is 1.99. The average molecular weight is 362 g/mol. The van der Waals surface area contributed by atoms with Crippen LogP contribution in [0.1, 0.15) is 30.1 Å². The highest BCUT2D eigenvalue weighted by Gasteiger charge is 2.52. The van der Waals surface area contributed by atoms with Gasteiger partial charge in [-0.2, -0.15) is 0 Å². The monoisotopic (exact) mass is 362 g/mol. The summed E-state index contributed by atoms with van der Waals surface area (Å²) in [4.78, 5) is 40.0. The van der Waals surface area contributed by atoms with Gasteiger partial charge in [0.05, 0.1) is 4.87 Å². The van der Waals surface area contributed by atoms with E-state index in [-0.39, 0.29) is 16.7 Å². The number of thioether (sulfide) groups is 1. The molecule has 2 N–H and O–H groups in total. The normalized spacial score (nSPS) is 24.8. The van der Waals surface area contributed by atoms with Gasteiger partial charge in [-0.1, -0.05) is 6.07 Å². The maximum Gasteiger partial charge on any atom is 0.269 e. The molecule has 25 heavy (non-hydrogen) atoms. The minimum absolute atomic E-state index is 0.00217. The van der Waals surface area contributed by atoms with Gasteiger partial charge in [-0.15, -0.1) is 11.8 Å². The molecule has 1 aromatic rings. The molecule has 3 amide bonds. The van der Waals surface area contributed by atoms with E-state index in [1.165, 1.54) is 0 Å². The third-order valence-electron chi connectivity index (χ3n) is 4.67. The van der Waals surface area contributed by atoms with Crippen LogP contribution >= 0.6 is 11.8 Å². The quantitative estimate of drug-likeness (QED) is 0.783. The van der Waals surface area contributed by atoms with E-state index < -0.39 is 11.9 Å². The van der Waals surface area contributed by atoms with Crippen molar-refractivity contribution in [1.82, 2.24) is 15.8 Å². The number of hydrazine groups is 1. The molecule has 1 aromatic carbocycles. The smallest absolute Gasteiger partial charge is 0.269 e. The maximum atomic E-state index is 12.4. The minimum atomic E-state index is -0.543. The summed E-state index contributed by atoms with van der Waals surface area (Å²) in [5.41, 5.74) is 6.25.